The molecule has 0 bridgehead atoms. The standard InChI is InChI=1S/C25H50O5/c1-25(21-27,22-28)23-30-24(29)19-17-15-13-11-9-7-5-3-2-4-6-8-10-12-14-16-18-20-26/h26-28H,2-23H2,1H3. The summed E-state index contributed by atoms with van der Waals surface area (Å²) in [7, 11) is 0. The lowest BCUT2D eigenvalue weighted by Crippen LogP contribution is -2.32. The third-order valence-corrected chi connectivity index (χ3v) is 5.88. The second-order valence-corrected chi connectivity index (χ2v) is 9.27. The van der Waals surface area contributed by atoms with Gasteiger partial charge >= 0.3 is 5.97 Å². The van der Waals surface area contributed by atoms with E-state index >= 15 is 0 Å². The van der Waals surface area contributed by atoms with E-state index in [-0.39, 0.29) is 25.8 Å². The van der Waals surface area contributed by atoms with Crippen LogP contribution in [0.4, 0.5) is 0 Å². The zero-order valence-corrected chi connectivity index (χ0v) is 19.7. The Kier molecular flexibility index (Phi) is 21.1. The Hall–Kier alpha value is -0.650. The maximum Gasteiger partial charge on any atom is 0.305 e. The van der Waals surface area contributed by atoms with E-state index in [1.807, 2.05) is 0 Å². The molecule has 0 unspecified atom stereocenters. The van der Waals surface area contributed by atoms with Crippen molar-refractivity contribution < 1.29 is 24.9 Å². The molecule has 0 spiro atoms. The van der Waals surface area contributed by atoms with Gasteiger partial charge in [-0.3, -0.25) is 4.79 Å². The van der Waals surface area contributed by atoms with Crippen molar-refractivity contribution in [3.8, 4) is 0 Å². The molecule has 0 amide bonds. The summed E-state index contributed by atoms with van der Waals surface area (Å²) in [5.74, 6) is -0.232. The van der Waals surface area contributed by atoms with Crippen LogP contribution in [-0.4, -0.2) is 47.7 Å². The summed E-state index contributed by atoms with van der Waals surface area (Å²) < 4.78 is 5.15. The van der Waals surface area contributed by atoms with Gasteiger partial charge in [0.05, 0.1) is 13.2 Å². The molecule has 0 aromatic heterocycles. The molecule has 0 aliphatic heterocycles. The lowest BCUT2D eigenvalue weighted by molar-refractivity contribution is -0.149. The molecular formula is C25H50O5. The molecule has 30 heavy (non-hydrogen) atoms. The van der Waals surface area contributed by atoms with Gasteiger partial charge in [0, 0.05) is 18.4 Å². The Bertz CT molecular complexity index is 369. The Labute approximate surface area is 185 Å². The molecule has 0 aliphatic carbocycles. The molecule has 5 heteroatoms. The fraction of sp³-hybridized carbons (Fsp3) is 0.960. The number of ether oxygens (including phenoxy) is 1. The highest BCUT2D eigenvalue weighted by Crippen LogP contribution is 2.16. The predicted octanol–water partition coefficient (Wildman–Crippen LogP) is 5.53. The fourth-order valence-electron chi connectivity index (χ4n) is 3.50. The number of aliphatic hydroxyl groups excluding tert-OH is 3. The summed E-state index contributed by atoms with van der Waals surface area (Å²) in [6, 6.07) is 0. The zero-order chi connectivity index (χ0) is 22.3. The van der Waals surface area contributed by atoms with Crippen LogP contribution in [0, 0.1) is 5.41 Å². The number of hydrogen-bond donors (Lipinski definition) is 3. The van der Waals surface area contributed by atoms with Gasteiger partial charge in [-0.05, 0) is 12.8 Å². The van der Waals surface area contributed by atoms with Crippen LogP contribution in [0.3, 0.4) is 0 Å². The average molecular weight is 431 g/mol. The molecule has 0 rings (SSSR count). The Morgan fingerprint density at radius 2 is 0.933 bits per heavy atom. The zero-order valence-electron chi connectivity index (χ0n) is 19.7. The third-order valence-electron chi connectivity index (χ3n) is 5.88. The van der Waals surface area contributed by atoms with Crippen LogP contribution >= 0.6 is 0 Å². The maximum absolute atomic E-state index is 11.7. The first-order valence-corrected chi connectivity index (χ1v) is 12.6. The first-order chi connectivity index (χ1) is 14.6. The van der Waals surface area contributed by atoms with Gasteiger partial charge in [0.2, 0.25) is 0 Å². The van der Waals surface area contributed by atoms with Gasteiger partial charge in [-0.2, -0.15) is 0 Å². The molecule has 0 saturated carbocycles. The van der Waals surface area contributed by atoms with Crippen molar-refractivity contribution >= 4 is 5.97 Å². The van der Waals surface area contributed by atoms with E-state index in [1.165, 1.54) is 89.9 Å². The van der Waals surface area contributed by atoms with Crippen molar-refractivity contribution in [2.24, 2.45) is 5.41 Å². The molecule has 0 saturated heterocycles. The van der Waals surface area contributed by atoms with Crippen LogP contribution in [0.5, 0.6) is 0 Å². The molecule has 0 atom stereocenters. The smallest absolute Gasteiger partial charge is 0.305 e. The predicted molar refractivity (Wildman–Crippen MR) is 123 cm³/mol. The number of carbonyl (C=O) groups is 1. The summed E-state index contributed by atoms with van der Waals surface area (Å²) in [5, 5.41) is 27.1. The summed E-state index contributed by atoms with van der Waals surface area (Å²) in [4.78, 5) is 11.7. The van der Waals surface area contributed by atoms with Crippen LogP contribution in [0.25, 0.3) is 0 Å². The van der Waals surface area contributed by atoms with E-state index in [1.54, 1.807) is 6.92 Å². The van der Waals surface area contributed by atoms with Gasteiger partial charge in [-0.25, -0.2) is 0 Å². The highest BCUT2D eigenvalue weighted by molar-refractivity contribution is 5.69. The highest BCUT2D eigenvalue weighted by atomic mass is 16.5. The van der Waals surface area contributed by atoms with Gasteiger partial charge in [0.1, 0.15) is 6.61 Å². The summed E-state index contributed by atoms with van der Waals surface area (Å²) in [6.45, 7) is 1.73. The van der Waals surface area contributed by atoms with Crippen LogP contribution < -0.4 is 0 Å². The molecule has 5 nitrogen and oxygen atoms in total. The normalized spacial score (nSPS) is 11.7. The van der Waals surface area contributed by atoms with Gasteiger partial charge in [0.15, 0.2) is 0 Å². The summed E-state index contributed by atoms with van der Waals surface area (Å²) >= 11 is 0. The molecule has 0 aromatic carbocycles. The first-order valence-electron chi connectivity index (χ1n) is 12.6. The quantitative estimate of drug-likeness (QED) is 0.146. The summed E-state index contributed by atoms with van der Waals surface area (Å²) in [5.41, 5.74) is -0.740. The van der Waals surface area contributed by atoms with E-state index in [0.29, 0.717) is 13.0 Å². The number of unbranched alkanes of at least 4 members (excludes halogenated alkanes) is 16. The third kappa shape index (κ3) is 19.3. The van der Waals surface area contributed by atoms with Gasteiger partial charge in [-0.1, -0.05) is 103 Å². The minimum Gasteiger partial charge on any atom is -0.465 e. The van der Waals surface area contributed by atoms with Crippen molar-refractivity contribution in [1.29, 1.82) is 0 Å². The van der Waals surface area contributed by atoms with Crippen LogP contribution in [0.1, 0.15) is 122 Å². The van der Waals surface area contributed by atoms with E-state index in [0.717, 1.165) is 19.3 Å². The highest BCUT2D eigenvalue weighted by Gasteiger charge is 2.24. The van der Waals surface area contributed by atoms with Gasteiger partial charge in [0.25, 0.3) is 0 Å². The molecule has 0 aliphatic rings. The van der Waals surface area contributed by atoms with Crippen molar-refractivity contribution in [2.75, 3.05) is 26.4 Å². The molecule has 180 valence electrons. The van der Waals surface area contributed by atoms with Crippen LogP contribution in [0.15, 0.2) is 0 Å². The number of carbonyl (C=O) groups excluding carboxylic acids is 1. The maximum atomic E-state index is 11.7. The number of rotatable bonds is 23. The molecule has 0 radical (unpaired) electrons. The largest absolute Gasteiger partial charge is 0.465 e. The number of aliphatic hydroxyl groups is 3. The van der Waals surface area contributed by atoms with E-state index in [9.17, 15) is 15.0 Å². The molecular weight excluding hydrogens is 380 g/mol. The average Bonchev–Trinajstić information content (AvgIpc) is 2.76. The van der Waals surface area contributed by atoms with Crippen molar-refractivity contribution in [3.63, 3.8) is 0 Å². The second kappa shape index (κ2) is 21.6. The molecule has 3 N–H and O–H groups in total. The minimum atomic E-state index is -0.740. The van der Waals surface area contributed by atoms with Gasteiger partial charge in [-0.15, -0.1) is 0 Å². The summed E-state index contributed by atoms with van der Waals surface area (Å²) in [6.07, 6.45) is 21.7. The monoisotopic (exact) mass is 430 g/mol. The molecule has 0 fully saturated rings. The lowest BCUT2D eigenvalue weighted by Gasteiger charge is -2.23. The van der Waals surface area contributed by atoms with Crippen molar-refractivity contribution in [1.82, 2.24) is 0 Å². The Morgan fingerprint density at radius 1 is 0.600 bits per heavy atom. The molecule has 0 heterocycles. The Balaban J connectivity index is 3.23. The SMILES string of the molecule is CC(CO)(CO)COC(=O)CCCCCCCCCCCCCCCCCCCO. The lowest BCUT2D eigenvalue weighted by atomic mass is 9.94. The number of hydrogen-bond acceptors (Lipinski definition) is 5. The fourth-order valence-corrected chi connectivity index (χ4v) is 3.50. The van der Waals surface area contributed by atoms with E-state index in [4.69, 9.17) is 9.84 Å². The second-order valence-electron chi connectivity index (χ2n) is 9.27. The number of esters is 1. The minimum absolute atomic E-state index is 0.0737. The molecule has 0 aromatic rings. The van der Waals surface area contributed by atoms with E-state index < -0.39 is 5.41 Å². The van der Waals surface area contributed by atoms with Crippen molar-refractivity contribution in [2.45, 2.75) is 122 Å². The van der Waals surface area contributed by atoms with Crippen LogP contribution in [0.2, 0.25) is 0 Å². The first kappa shape index (κ1) is 29.4. The van der Waals surface area contributed by atoms with Crippen molar-refractivity contribution in [3.05, 3.63) is 0 Å². The topological polar surface area (TPSA) is 87.0 Å². The Morgan fingerprint density at radius 3 is 1.27 bits per heavy atom. The van der Waals surface area contributed by atoms with Crippen LogP contribution in [-0.2, 0) is 9.53 Å². The van der Waals surface area contributed by atoms with Gasteiger partial charge < -0.3 is 20.1 Å². The van der Waals surface area contributed by atoms with E-state index in [2.05, 4.69) is 0 Å².